The van der Waals surface area contributed by atoms with Gasteiger partial charge >= 0.3 is 0 Å². The van der Waals surface area contributed by atoms with Crippen molar-refractivity contribution in [2.24, 2.45) is 5.92 Å². The second-order valence-corrected chi connectivity index (χ2v) is 4.06. The van der Waals surface area contributed by atoms with Crippen LogP contribution in [0.5, 0.6) is 0 Å². The average molecular weight is 172 g/mol. The Hall–Kier alpha value is -0.120. The van der Waals surface area contributed by atoms with Crippen LogP contribution in [0.3, 0.4) is 0 Å². The first-order valence-corrected chi connectivity index (χ1v) is 4.73. The molecule has 72 valence electrons. The van der Waals surface area contributed by atoms with Crippen molar-refractivity contribution < 1.29 is 5.21 Å². The molecule has 1 aliphatic carbocycles. The highest BCUT2D eigenvalue weighted by molar-refractivity contribution is 4.86. The summed E-state index contributed by atoms with van der Waals surface area (Å²) in [5, 5.41) is 8.89. The van der Waals surface area contributed by atoms with Gasteiger partial charge in [-0.3, -0.25) is 0 Å². The lowest BCUT2D eigenvalue weighted by Crippen LogP contribution is -2.47. The van der Waals surface area contributed by atoms with Gasteiger partial charge < -0.3 is 10.1 Å². The molecule has 0 aromatic heterocycles. The van der Waals surface area contributed by atoms with Crippen LogP contribution in [0.1, 0.15) is 26.2 Å². The first kappa shape index (κ1) is 9.96. The van der Waals surface area contributed by atoms with E-state index in [-0.39, 0.29) is 6.04 Å². The highest BCUT2D eigenvalue weighted by Crippen LogP contribution is 2.26. The third-order valence-corrected chi connectivity index (χ3v) is 3.09. The molecule has 0 radical (unpaired) electrons. The van der Waals surface area contributed by atoms with Gasteiger partial charge in [0, 0.05) is 12.1 Å². The minimum absolute atomic E-state index is 0.283. The molecule has 1 aliphatic rings. The monoisotopic (exact) mass is 172 g/mol. The molecule has 1 saturated carbocycles. The number of hydrogen-bond donors (Lipinski definition) is 2. The first-order valence-electron chi connectivity index (χ1n) is 4.73. The fourth-order valence-corrected chi connectivity index (χ4v) is 2.25. The lowest BCUT2D eigenvalue weighted by molar-refractivity contribution is 0.0440. The molecule has 1 fully saturated rings. The zero-order valence-corrected chi connectivity index (χ0v) is 8.25. The summed E-state index contributed by atoms with van der Waals surface area (Å²) in [7, 11) is 4.22. The largest absolute Gasteiger partial charge is 0.317 e. The molecule has 0 aliphatic heterocycles. The zero-order chi connectivity index (χ0) is 9.14. The van der Waals surface area contributed by atoms with E-state index in [1.165, 1.54) is 12.8 Å². The quantitative estimate of drug-likeness (QED) is 0.612. The van der Waals surface area contributed by atoms with E-state index in [0.29, 0.717) is 12.0 Å². The van der Waals surface area contributed by atoms with Crippen molar-refractivity contribution in [1.82, 2.24) is 10.4 Å². The fraction of sp³-hybridized carbons (Fsp3) is 1.00. The van der Waals surface area contributed by atoms with Crippen LogP contribution in [0.15, 0.2) is 0 Å². The maximum absolute atomic E-state index is 8.89. The van der Waals surface area contributed by atoms with Gasteiger partial charge in [0.25, 0.3) is 0 Å². The maximum atomic E-state index is 8.89. The molecule has 3 atom stereocenters. The summed E-state index contributed by atoms with van der Waals surface area (Å²) in [4.78, 5) is 2.26. The summed E-state index contributed by atoms with van der Waals surface area (Å²) in [6.07, 6.45) is 3.57. The van der Waals surface area contributed by atoms with Crippen LogP contribution in [-0.4, -0.2) is 36.3 Å². The van der Waals surface area contributed by atoms with Crippen molar-refractivity contribution in [2.75, 3.05) is 14.1 Å². The first-order chi connectivity index (χ1) is 5.66. The third kappa shape index (κ3) is 1.97. The predicted molar refractivity (Wildman–Crippen MR) is 49.2 cm³/mol. The van der Waals surface area contributed by atoms with Crippen LogP contribution in [-0.2, 0) is 0 Å². The van der Waals surface area contributed by atoms with Gasteiger partial charge in [0.15, 0.2) is 0 Å². The molecule has 0 heterocycles. The fourth-order valence-electron chi connectivity index (χ4n) is 2.25. The van der Waals surface area contributed by atoms with E-state index in [9.17, 15) is 0 Å². The van der Waals surface area contributed by atoms with Crippen LogP contribution in [0, 0.1) is 5.92 Å². The molecular weight excluding hydrogens is 152 g/mol. The summed E-state index contributed by atoms with van der Waals surface area (Å²) in [5.41, 5.74) is 2.41. The van der Waals surface area contributed by atoms with Gasteiger partial charge in [-0.25, -0.2) is 5.48 Å². The highest BCUT2D eigenvalue weighted by Gasteiger charge is 2.30. The highest BCUT2D eigenvalue weighted by atomic mass is 16.5. The summed E-state index contributed by atoms with van der Waals surface area (Å²) in [6.45, 7) is 2.21. The molecule has 2 N–H and O–H groups in total. The summed E-state index contributed by atoms with van der Waals surface area (Å²) < 4.78 is 0. The van der Waals surface area contributed by atoms with Crippen molar-refractivity contribution in [3.63, 3.8) is 0 Å². The van der Waals surface area contributed by atoms with E-state index >= 15 is 0 Å². The average Bonchev–Trinajstić information content (AvgIpc) is 2.04. The van der Waals surface area contributed by atoms with Gasteiger partial charge in [-0.1, -0.05) is 13.3 Å². The molecule has 1 rings (SSSR count). The molecule has 0 saturated heterocycles. The second kappa shape index (κ2) is 4.21. The van der Waals surface area contributed by atoms with Crippen molar-refractivity contribution in [3.05, 3.63) is 0 Å². The molecule has 12 heavy (non-hydrogen) atoms. The Morgan fingerprint density at radius 3 is 2.50 bits per heavy atom. The molecule has 3 unspecified atom stereocenters. The van der Waals surface area contributed by atoms with Crippen molar-refractivity contribution in [3.8, 4) is 0 Å². The van der Waals surface area contributed by atoms with Crippen LogP contribution in [0.25, 0.3) is 0 Å². The molecule has 3 heteroatoms. The van der Waals surface area contributed by atoms with E-state index < -0.39 is 0 Å². The Morgan fingerprint density at radius 2 is 2.00 bits per heavy atom. The number of hydrogen-bond acceptors (Lipinski definition) is 3. The standard InChI is InChI=1S/C9H20N2O/c1-7-8(10-12)5-4-6-9(7)11(2)3/h7-10,12H,4-6H2,1-3H3. The SMILES string of the molecule is CC1C(NO)CCCC1N(C)C. The number of rotatable bonds is 2. The molecule has 3 nitrogen and oxygen atoms in total. The minimum Gasteiger partial charge on any atom is -0.317 e. The Bertz CT molecular complexity index is 138. The van der Waals surface area contributed by atoms with Gasteiger partial charge in [-0.15, -0.1) is 0 Å². The third-order valence-electron chi connectivity index (χ3n) is 3.09. The normalized spacial score (nSPS) is 37.2. The van der Waals surface area contributed by atoms with Crippen LogP contribution >= 0.6 is 0 Å². The number of nitrogens with zero attached hydrogens (tertiary/aromatic N) is 1. The molecular formula is C9H20N2O. The predicted octanol–water partition coefficient (Wildman–Crippen LogP) is 1.08. The van der Waals surface area contributed by atoms with E-state index in [2.05, 4.69) is 31.4 Å². The van der Waals surface area contributed by atoms with E-state index in [1.54, 1.807) is 0 Å². The molecule has 0 aromatic rings. The Morgan fingerprint density at radius 1 is 1.33 bits per heavy atom. The molecule has 0 aromatic carbocycles. The van der Waals surface area contributed by atoms with Crippen LogP contribution in [0.2, 0.25) is 0 Å². The zero-order valence-electron chi connectivity index (χ0n) is 8.25. The summed E-state index contributed by atoms with van der Waals surface area (Å²) >= 11 is 0. The Kier molecular flexibility index (Phi) is 3.50. The van der Waals surface area contributed by atoms with E-state index in [0.717, 1.165) is 6.42 Å². The van der Waals surface area contributed by atoms with Gasteiger partial charge in [0.05, 0.1) is 0 Å². The van der Waals surface area contributed by atoms with Crippen molar-refractivity contribution in [2.45, 2.75) is 38.3 Å². The Balaban J connectivity index is 2.53. The van der Waals surface area contributed by atoms with E-state index in [1.807, 2.05) is 0 Å². The van der Waals surface area contributed by atoms with Gasteiger partial charge in [0.1, 0.15) is 0 Å². The molecule has 0 amide bonds. The lowest BCUT2D eigenvalue weighted by atomic mass is 9.81. The molecule has 0 bridgehead atoms. The van der Waals surface area contributed by atoms with Gasteiger partial charge in [-0.2, -0.15) is 0 Å². The van der Waals surface area contributed by atoms with Gasteiger partial charge in [-0.05, 0) is 32.9 Å². The molecule has 0 spiro atoms. The van der Waals surface area contributed by atoms with Gasteiger partial charge in [0.2, 0.25) is 0 Å². The Labute approximate surface area is 74.7 Å². The number of hydroxylamine groups is 1. The smallest absolute Gasteiger partial charge is 0.0360 e. The maximum Gasteiger partial charge on any atom is 0.0360 e. The second-order valence-electron chi connectivity index (χ2n) is 4.06. The van der Waals surface area contributed by atoms with Crippen molar-refractivity contribution >= 4 is 0 Å². The number of nitrogens with one attached hydrogen (secondary N) is 1. The van der Waals surface area contributed by atoms with Crippen molar-refractivity contribution in [1.29, 1.82) is 0 Å². The summed E-state index contributed by atoms with van der Waals surface area (Å²) in [5.74, 6) is 0.541. The topological polar surface area (TPSA) is 35.5 Å². The van der Waals surface area contributed by atoms with Crippen LogP contribution in [0.4, 0.5) is 0 Å². The van der Waals surface area contributed by atoms with E-state index in [4.69, 9.17) is 5.21 Å². The lowest BCUT2D eigenvalue weighted by Gasteiger charge is -2.38. The minimum atomic E-state index is 0.283. The summed E-state index contributed by atoms with van der Waals surface area (Å²) in [6, 6.07) is 0.898. The van der Waals surface area contributed by atoms with Crippen LogP contribution < -0.4 is 5.48 Å².